The molecule has 2 rings (SSSR count). The number of halogens is 1. The fourth-order valence-corrected chi connectivity index (χ4v) is 2.66. The molecule has 1 unspecified atom stereocenters. The molecule has 1 aromatic carbocycles. The van der Waals surface area contributed by atoms with Crippen molar-refractivity contribution >= 4 is 0 Å². The van der Waals surface area contributed by atoms with Crippen LogP contribution >= 0.6 is 0 Å². The van der Waals surface area contributed by atoms with Crippen LogP contribution in [0.3, 0.4) is 0 Å². The van der Waals surface area contributed by atoms with E-state index in [2.05, 4.69) is 17.1 Å². The molecule has 0 amide bonds. The molecule has 0 spiro atoms. The number of nitrogens with one attached hydrogen (secondary N) is 1. The standard InChI is InChI=1S/C16H22FN3/c1-13(20-7-3-2-4-8-20)11-19-12-15-6-5-14(10-18)9-16(15)17/h5-6,9,13,19H,2-4,7-8,11-12H2,1H3. The summed E-state index contributed by atoms with van der Waals surface area (Å²) in [7, 11) is 0. The minimum Gasteiger partial charge on any atom is -0.311 e. The van der Waals surface area contributed by atoms with E-state index in [-0.39, 0.29) is 5.82 Å². The van der Waals surface area contributed by atoms with Crippen molar-refractivity contribution in [3.05, 3.63) is 35.1 Å². The number of rotatable bonds is 5. The Balaban J connectivity index is 1.79. The van der Waals surface area contributed by atoms with Gasteiger partial charge in [0.2, 0.25) is 0 Å². The molecule has 0 aliphatic carbocycles. The lowest BCUT2D eigenvalue weighted by Crippen LogP contribution is -2.43. The van der Waals surface area contributed by atoms with E-state index in [1.165, 1.54) is 38.4 Å². The van der Waals surface area contributed by atoms with Gasteiger partial charge in [-0.25, -0.2) is 4.39 Å². The van der Waals surface area contributed by atoms with Crippen molar-refractivity contribution < 1.29 is 4.39 Å². The Kier molecular flexibility index (Phi) is 5.51. The van der Waals surface area contributed by atoms with Crippen molar-refractivity contribution in [2.75, 3.05) is 19.6 Å². The Bertz CT molecular complexity index is 475. The lowest BCUT2D eigenvalue weighted by atomic mass is 10.1. The molecule has 1 fully saturated rings. The van der Waals surface area contributed by atoms with Crippen LogP contribution in [0, 0.1) is 17.1 Å². The van der Waals surface area contributed by atoms with Gasteiger partial charge in [0.15, 0.2) is 0 Å². The maximum atomic E-state index is 13.7. The normalized spacial score (nSPS) is 17.6. The van der Waals surface area contributed by atoms with E-state index in [9.17, 15) is 4.39 Å². The summed E-state index contributed by atoms with van der Waals surface area (Å²) in [6.07, 6.45) is 3.91. The van der Waals surface area contributed by atoms with Crippen molar-refractivity contribution in [1.82, 2.24) is 10.2 Å². The van der Waals surface area contributed by atoms with Gasteiger partial charge in [-0.3, -0.25) is 4.90 Å². The zero-order valence-electron chi connectivity index (χ0n) is 12.0. The molecule has 0 radical (unpaired) electrons. The van der Waals surface area contributed by atoms with Gasteiger partial charge in [-0.15, -0.1) is 0 Å². The largest absolute Gasteiger partial charge is 0.311 e. The average Bonchev–Trinajstić information content (AvgIpc) is 2.49. The Morgan fingerprint density at radius 3 is 2.75 bits per heavy atom. The van der Waals surface area contributed by atoms with Gasteiger partial charge in [0.1, 0.15) is 5.82 Å². The zero-order chi connectivity index (χ0) is 14.4. The van der Waals surface area contributed by atoms with E-state index < -0.39 is 0 Å². The second-order valence-electron chi connectivity index (χ2n) is 5.49. The highest BCUT2D eigenvalue weighted by Gasteiger charge is 2.16. The number of piperidine rings is 1. The number of hydrogen-bond acceptors (Lipinski definition) is 3. The molecule has 0 aromatic heterocycles. The van der Waals surface area contributed by atoms with E-state index in [1.54, 1.807) is 12.1 Å². The summed E-state index contributed by atoms with van der Waals surface area (Å²) in [5.41, 5.74) is 0.989. The van der Waals surface area contributed by atoms with Crippen LogP contribution in [0.2, 0.25) is 0 Å². The minimum absolute atomic E-state index is 0.304. The molecule has 1 aromatic rings. The first-order chi connectivity index (χ1) is 9.70. The smallest absolute Gasteiger partial charge is 0.129 e. The third-order valence-electron chi connectivity index (χ3n) is 3.95. The van der Waals surface area contributed by atoms with Crippen LogP contribution in [-0.4, -0.2) is 30.6 Å². The molecule has 0 saturated carbocycles. The first kappa shape index (κ1) is 15.0. The first-order valence-electron chi connectivity index (χ1n) is 7.34. The van der Waals surface area contributed by atoms with Crippen LogP contribution in [-0.2, 0) is 6.54 Å². The lowest BCUT2D eigenvalue weighted by molar-refractivity contribution is 0.170. The van der Waals surface area contributed by atoms with Gasteiger partial charge in [-0.05, 0) is 45.0 Å². The molecule has 1 aliphatic heterocycles. The Morgan fingerprint density at radius 2 is 2.10 bits per heavy atom. The van der Waals surface area contributed by atoms with Gasteiger partial charge in [0.05, 0.1) is 11.6 Å². The predicted molar refractivity (Wildman–Crippen MR) is 77.7 cm³/mol. The molecule has 1 N–H and O–H groups in total. The van der Waals surface area contributed by atoms with E-state index in [0.29, 0.717) is 23.7 Å². The SMILES string of the molecule is CC(CNCc1ccc(C#N)cc1F)N1CCCCC1. The summed E-state index contributed by atoms with van der Waals surface area (Å²) in [5, 5.41) is 12.0. The van der Waals surface area contributed by atoms with Crippen LogP contribution in [0.1, 0.15) is 37.3 Å². The van der Waals surface area contributed by atoms with Crippen LogP contribution in [0.15, 0.2) is 18.2 Å². The van der Waals surface area contributed by atoms with Crippen molar-refractivity contribution in [3.63, 3.8) is 0 Å². The van der Waals surface area contributed by atoms with E-state index in [4.69, 9.17) is 5.26 Å². The van der Waals surface area contributed by atoms with E-state index >= 15 is 0 Å². The first-order valence-corrected chi connectivity index (χ1v) is 7.34. The highest BCUT2D eigenvalue weighted by Crippen LogP contribution is 2.12. The van der Waals surface area contributed by atoms with Gasteiger partial charge in [0, 0.05) is 24.7 Å². The maximum Gasteiger partial charge on any atom is 0.129 e. The summed E-state index contributed by atoms with van der Waals surface area (Å²) in [5.74, 6) is -0.304. The number of hydrogen-bond donors (Lipinski definition) is 1. The second kappa shape index (κ2) is 7.37. The highest BCUT2D eigenvalue weighted by atomic mass is 19.1. The van der Waals surface area contributed by atoms with Gasteiger partial charge < -0.3 is 5.32 Å². The number of nitriles is 1. The second-order valence-corrected chi connectivity index (χ2v) is 5.49. The molecular formula is C16H22FN3. The fraction of sp³-hybridized carbons (Fsp3) is 0.562. The predicted octanol–water partition coefficient (Wildman–Crippen LogP) is 2.66. The summed E-state index contributed by atoms with van der Waals surface area (Å²) >= 11 is 0. The van der Waals surface area contributed by atoms with Gasteiger partial charge in [0.25, 0.3) is 0 Å². The quantitative estimate of drug-likeness (QED) is 0.898. The monoisotopic (exact) mass is 275 g/mol. The molecule has 1 aliphatic rings. The number of likely N-dealkylation sites (tertiary alicyclic amines) is 1. The Hall–Kier alpha value is -1.44. The summed E-state index contributed by atoms with van der Waals surface area (Å²) in [6, 6.07) is 7.07. The average molecular weight is 275 g/mol. The zero-order valence-corrected chi connectivity index (χ0v) is 12.0. The van der Waals surface area contributed by atoms with Crippen LogP contribution in [0.4, 0.5) is 4.39 Å². The third-order valence-corrected chi connectivity index (χ3v) is 3.95. The number of nitrogens with zero attached hydrogens (tertiary/aromatic N) is 2. The maximum absolute atomic E-state index is 13.7. The van der Waals surface area contributed by atoms with Gasteiger partial charge >= 0.3 is 0 Å². The molecular weight excluding hydrogens is 253 g/mol. The Labute approximate surface area is 120 Å². The van der Waals surface area contributed by atoms with E-state index in [1.807, 2.05) is 6.07 Å². The van der Waals surface area contributed by atoms with Crippen LogP contribution in [0.5, 0.6) is 0 Å². The molecule has 20 heavy (non-hydrogen) atoms. The van der Waals surface area contributed by atoms with Gasteiger partial charge in [-0.2, -0.15) is 5.26 Å². The molecule has 1 atom stereocenters. The highest BCUT2D eigenvalue weighted by molar-refractivity contribution is 5.32. The summed E-state index contributed by atoms with van der Waals surface area (Å²) < 4.78 is 13.7. The van der Waals surface area contributed by atoms with E-state index in [0.717, 1.165) is 6.54 Å². The van der Waals surface area contributed by atoms with Crippen molar-refractivity contribution in [3.8, 4) is 6.07 Å². The van der Waals surface area contributed by atoms with Crippen molar-refractivity contribution in [2.24, 2.45) is 0 Å². The molecule has 3 nitrogen and oxygen atoms in total. The van der Waals surface area contributed by atoms with Crippen molar-refractivity contribution in [2.45, 2.75) is 38.8 Å². The minimum atomic E-state index is -0.304. The molecule has 1 saturated heterocycles. The lowest BCUT2D eigenvalue weighted by Gasteiger charge is -2.32. The molecule has 4 heteroatoms. The molecule has 0 bridgehead atoms. The van der Waals surface area contributed by atoms with Crippen LogP contribution < -0.4 is 5.32 Å². The summed E-state index contributed by atoms with van der Waals surface area (Å²) in [6.45, 7) is 5.94. The molecule has 108 valence electrons. The fourth-order valence-electron chi connectivity index (χ4n) is 2.66. The van der Waals surface area contributed by atoms with Crippen molar-refractivity contribution in [1.29, 1.82) is 5.26 Å². The van der Waals surface area contributed by atoms with Crippen LogP contribution in [0.25, 0.3) is 0 Å². The van der Waals surface area contributed by atoms with Gasteiger partial charge in [-0.1, -0.05) is 12.5 Å². The Morgan fingerprint density at radius 1 is 1.35 bits per heavy atom. The summed E-state index contributed by atoms with van der Waals surface area (Å²) in [4.78, 5) is 2.49. The topological polar surface area (TPSA) is 39.1 Å². The third kappa shape index (κ3) is 4.03. The number of benzene rings is 1. The molecule has 1 heterocycles.